The molecule has 4 aliphatic rings. The molecule has 0 radical (unpaired) electrons. The van der Waals surface area contributed by atoms with Gasteiger partial charge in [-0.15, -0.1) is 0 Å². The highest BCUT2D eigenvalue weighted by molar-refractivity contribution is 5.96. The van der Waals surface area contributed by atoms with E-state index in [9.17, 15) is 142 Å². The second kappa shape index (κ2) is 52.5. The highest BCUT2D eigenvalue weighted by Gasteiger charge is 2.56. The summed E-state index contributed by atoms with van der Waals surface area (Å²) in [6.45, 7) is 7.29. The molecule has 0 aromatic carbocycles. The summed E-state index contributed by atoms with van der Waals surface area (Å²) >= 11 is 0. The summed E-state index contributed by atoms with van der Waals surface area (Å²) in [7, 11) is 0. The number of carbonyl (C=O) groups is 18. The van der Waals surface area contributed by atoms with Crippen LogP contribution in [0.25, 0.3) is 0 Å². The predicted molar refractivity (Wildman–Crippen MR) is 429 cm³/mol. The molecule has 4 saturated heterocycles. The van der Waals surface area contributed by atoms with Gasteiger partial charge in [-0.1, -0.05) is 0 Å². The van der Waals surface area contributed by atoms with E-state index in [1.807, 2.05) is 0 Å². The van der Waals surface area contributed by atoms with Crippen LogP contribution in [-0.2, 0) is 124 Å². The molecule has 0 aliphatic carbocycles. The van der Waals surface area contributed by atoms with Crippen molar-refractivity contribution in [2.45, 2.75) is 329 Å². The summed E-state index contributed by atoms with van der Waals surface area (Å²) < 4.78 is 46.6. The molecule has 4 aliphatic heterocycles. The Hall–Kier alpha value is -10.3. The van der Waals surface area contributed by atoms with Gasteiger partial charge in [-0.25, -0.2) is 0 Å². The van der Waals surface area contributed by atoms with Crippen LogP contribution in [0.2, 0.25) is 0 Å². The molecule has 0 bridgehead atoms. The number of hydrogen-bond donors (Lipinski definition) is 29. The molecule has 4 rings (SSSR count). The van der Waals surface area contributed by atoms with Crippen molar-refractivity contribution in [3.05, 3.63) is 0 Å². The Labute approximate surface area is 737 Å². The zero-order valence-corrected chi connectivity index (χ0v) is 72.3. The molecule has 32 atom stereocenters. The standard InChI is InChI=1S/C74H124N18O37/c1-25(80-66(114)29(5)122-57-49(86-33(9)99)71(120)124-43(23-95)55(57)128-73-47(84-31(7)97)53(105)51(103)41(21-93)126-73)63(111)91-37(61(78)109)17-19-45(101)88-39(15-11-13-35(75)59(76)107)68(116)82-27(3)65(113)90-36(60(77)108)14-12-16-40(69(117)83-28(4)70(118)119)89-46(102)20-18-38(62(79)110)92-64(112)26(2)81-67(115)30(6)123-58-50(87-34(10)100)72(121)125-44(24-96)56(58)129-74-48(85-32(8)98)54(106)52(104)42(22-94)127-74/h25-30,35-44,47-58,71-74,93-96,103-106,120-121H,11-24,75H2,1-10H3,(H2,76,107)(H2,77,108)(H2,78,109)(H2,79,110)(H,80,114)(H,81,115)(H,82,116)(H,83,117)(H,84,97)(H,85,98)(H,86,99)(H,87,100)(H,88,101)(H,89,102)(H,90,113)(H,91,111)(H,92,112)(H,118,119). The van der Waals surface area contributed by atoms with Crippen LogP contribution in [-0.4, -0.2) is 384 Å². The van der Waals surface area contributed by atoms with E-state index in [1.54, 1.807) is 0 Å². The van der Waals surface area contributed by atoms with Gasteiger partial charge in [0.1, 0.15) is 164 Å². The number of aliphatic hydroxyl groups excluding tert-OH is 10. The molecule has 0 spiro atoms. The van der Waals surface area contributed by atoms with Gasteiger partial charge in [0.05, 0.1) is 32.5 Å². The van der Waals surface area contributed by atoms with Crippen LogP contribution in [0.4, 0.5) is 0 Å². The van der Waals surface area contributed by atoms with Crippen LogP contribution >= 0.6 is 0 Å². The largest absolute Gasteiger partial charge is 0.480 e. The zero-order chi connectivity index (χ0) is 97.6. The van der Waals surface area contributed by atoms with Crippen LogP contribution in [0.15, 0.2) is 0 Å². The molecular formula is C74H124N18O37. The molecule has 0 aromatic rings. The molecule has 0 aromatic heterocycles. The smallest absolute Gasteiger partial charge is 0.325 e. The molecular weight excluding hydrogens is 1730 g/mol. The molecule has 129 heavy (non-hydrogen) atoms. The number of rotatable bonds is 51. The molecule has 732 valence electrons. The van der Waals surface area contributed by atoms with Crippen molar-refractivity contribution in [2.75, 3.05) is 26.4 Å². The number of nitrogens with one attached hydrogen (secondary N) is 13. The SMILES string of the molecule is CC(=O)NC1C(OC2C(CO)OC(O)C(NC(C)=O)C2OC(C)C(=O)NC(C)C(=O)NC(CCC(=O)NC(CCCC(NC(=O)C(C)NC(=O)C(CCCC(N)C(N)=O)NC(=O)CCC(NC(=O)C(C)NC(=O)C(C)OC2C(NC(C)=O)C(O)OC(CO)C2OC2OC(CO)C(O)C(O)C2NC(C)=O)C(N)=O)C(N)=O)C(=O)NC(C)C(=O)O)C(N)=O)OC(CO)C(O)C1O. The van der Waals surface area contributed by atoms with Crippen molar-refractivity contribution in [2.24, 2.45) is 28.7 Å². The number of hydrogen-bond acceptors (Lipinski definition) is 37. The minimum Gasteiger partial charge on any atom is -0.480 e. The van der Waals surface area contributed by atoms with Crippen molar-refractivity contribution in [1.29, 1.82) is 0 Å². The van der Waals surface area contributed by atoms with Crippen molar-refractivity contribution in [3.8, 4) is 0 Å². The second-order valence-corrected chi connectivity index (χ2v) is 31.3. The number of aliphatic hydroxyl groups is 10. The van der Waals surface area contributed by atoms with Crippen LogP contribution in [0, 0.1) is 0 Å². The lowest BCUT2D eigenvalue weighted by Gasteiger charge is -2.48. The number of ether oxygens (including phenoxy) is 8. The van der Waals surface area contributed by atoms with E-state index in [4.69, 9.17) is 66.6 Å². The zero-order valence-electron chi connectivity index (χ0n) is 72.3. The molecule has 34 N–H and O–H groups in total. The van der Waals surface area contributed by atoms with E-state index in [0.29, 0.717) is 0 Å². The average Bonchev–Trinajstić information content (AvgIpc) is 0.775. The normalized spacial score (nSPS) is 28.3. The first-order chi connectivity index (χ1) is 60.3. The first kappa shape index (κ1) is 111. The lowest BCUT2D eigenvalue weighted by Crippen LogP contribution is -2.70. The fourth-order valence-electron chi connectivity index (χ4n) is 13.8. The Morgan fingerprint density at radius 2 is 0.628 bits per heavy atom. The summed E-state index contributed by atoms with van der Waals surface area (Å²) in [5.41, 5.74) is 28.0. The molecule has 0 saturated carbocycles. The first-order valence-corrected chi connectivity index (χ1v) is 41.0. The number of carbonyl (C=O) groups excluding carboxylic acids is 17. The van der Waals surface area contributed by atoms with Crippen molar-refractivity contribution < 1.29 is 180 Å². The quantitative estimate of drug-likeness (QED) is 0.0269. The number of carboxylic acid groups (broad SMARTS) is 1. The van der Waals surface area contributed by atoms with Gasteiger partial charge in [0.2, 0.25) is 100 Å². The van der Waals surface area contributed by atoms with E-state index in [2.05, 4.69) is 69.1 Å². The Bertz CT molecular complexity index is 3880. The van der Waals surface area contributed by atoms with E-state index in [0.717, 1.165) is 69.2 Å². The minimum absolute atomic E-state index is 0.0834. The van der Waals surface area contributed by atoms with Crippen molar-refractivity contribution >= 4 is 106 Å². The van der Waals surface area contributed by atoms with Crippen molar-refractivity contribution in [3.63, 3.8) is 0 Å². The molecule has 32 unspecified atom stereocenters. The third-order valence-electron chi connectivity index (χ3n) is 20.9. The van der Waals surface area contributed by atoms with Crippen LogP contribution < -0.4 is 97.8 Å². The first-order valence-electron chi connectivity index (χ1n) is 41.0. The fraction of sp³-hybridized carbons (Fsp3) is 0.757. The van der Waals surface area contributed by atoms with E-state index < -0.39 is 367 Å². The number of primary amides is 4. The Kier molecular flexibility index (Phi) is 45.2. The van der Waals surface area contributed by atoms with Gasteiger partial charge in [0, 0.05) is 40.5 Å². The number of carboxylic acids is 1. The van der Waals surface area contributed by atoms with Gasteiger partial charge in [-0.05, 0) is 92.9 Å². The van der Waals surface area contributed by atoms with Gasteiger partial charge in [-0.3, -0.25) is 86.3 Å². The van der Waals surface area contributed by atoms with Gasteiger partial charge < -0.3 is 192 Å². The highest BCUT2D eigenvalue weighted by Crippen LogP contribution is 2.34. The van der Waals surface area contributed by atoms with Crippen LogP contribution in [0.1, 0.15) is 133 Å². The molecule has 17 amide bonds. The third kappa shape index (κ3) is 33.9. The fourth-order valence-corrected chi connectivity index (χ4v) is 13.8. The summed E-state index contributed by atoms with van der Waals surface area (Å²) in [5, 5.41) is 146. The number of aliphatic carboxylic acids is 1. The summed E-state index contributed by atoms with van der Waals surface area (Å²) in [6.07, 6.45) is -35.4. The van der Waals surface area contributed by atoms with Crippen LogP contribution in [0.3, 0.4) is 0 Å². The molecule has 4 fully saturated rings. The molecule has 55 nitrogen and oxygen atoms in total. The topological polar surface area (TPSA) is 890 Å². The second-order valence-electron chi connectivity index (χ2n) is 31.3. The predicted octanol–water partition coefficient (Wildman–Crippen LogP) is -16.7. The lowest BCUT2D eigenvalue weighted by atomic mass is 9.94. The summed E-state index contributed by atoms with van der Waals surface area (Å²) in [4.78, 5) is 235. The van der Waals surface area contributed by atoms with Gasteiger partial charge in [-0.2, -0.15) is 0 Å². The van der Waals surface area contributed by atoms with Crippen LogP contribution in [0.5, 0.6) is 0 Å². The Balaban J connectivity index is 1.41. The van der Waals surface area contributed by atoms with Gasteiger partial charge in [0.15, 0.2) is 25.2 Å². The maximum atomic E-state index is 14.0. The number of amides is 17. The van der Waals surface area contributed by atoms with Gasteiger partial charge >= 0.3 is 5.97 Å². The third-order valence-corrected chi connectivity index (χ3v) is 20.9. The summed E-state index contributed by atoms with van der Waals surface area (Å²) in [6, 6.07) is -22.1. The maximum Gasteiger partial charge on any atom is 0.325 e. The number of nitrogens with two attached hydrogens (primary N) is 5. The van der Waals surface area contributed by atoms with Crippen molar-refractivity contribution in [1.82, 2.24) is 69.1 Å². The van der Waals surface area contributed by atoms with E-state index >= 15 is 0 Å². The Morgan fingerprint density at radius 1 is 0.333 bits per heavy atom. The van der Waals surface area contributed by atoms with E-state index in [-0.39, 0.29) is 25.7 Å². The molecule has 4 heterocycles. The summed E-state index contributed by atoms with van der Waals surface area (Å²) in [5.74, 6) is -18.7. The minimum atomic E-state index is -1.98. The average molecular weight is 1860 g/mol. The monoisotopic (exact) mass is 1860 g/mol. The van der Waals surface area contributed by atoms with Gasteiger partial charge in [0.25, 0.3) is 0 Å². The lowest BCUT2D eigenvalue weighted by molar-refractivity contribution is -0.333. The Morgan fingerprint density at radius 3 is 0.930 bits per heavy atom. The highest BCUT2D eigenvalue weighted by atomic mass is 16.7. The van der Waals surface area contributed by atoms with E-state index in [1.165, 1.54) is 0 Å². The maximum absolute atomic E-state index is 14.0. The molecule has 55 heteroatoms.